The standard InChI is InChI=1S/C18H37N/c1-4-6-7-8-9-11-16(3)19-18-14-12-17(10-5-2)13-15-18/h16-19H,4-15H2,1-3H3. The van der Waals surface area contributed by atoms with Gasteiger partial charge in [-0.1, -0.05) is 58.8 Å². The average molecular weight is 268 g/mol. The van der Waals surface area contributed by atoms with E-state index in [2.05, 4.69) is 26.1 Å². The Balaban J connectivity index is 2.01. The van der Waals surface area contributed by atoms with Crippen molar-refractivity contribution in [1.29, 1.82) is 0 Å². The van der Waals surface area contributed by atoms with Gasteiger partial charge in [0.15, 0.2) is 0 Å². The molecule has 0 amide bonds. The molecule has 1 heteroatoms. The van der Waals surface area contributed by atoms with Crippen molar-refractivity contribution in [2.24, 2.45) is 5.92 Å². The lowest BCUT2D eigenvalue weighted by Gasteiger charge is -2.31. The van der Waals surface area contributed by atoms with Crippen LogP contribution in [0.5, 0.6) is 0 Å². The molecule has 1 fully saturated rings. The molecule has 1 aliphatic rings. The second-order valence-corrected chi connectivity index (χ2v) is 6.78. The minimum atomic E-state index is 0.731. The topological polar surface area (TPSA) is 12.0 Å². The number of hydrogen-bond acceptors (Lipinski definition) is 1. The van der Waals surface area contributed by atoms with Crippen LogP contribution in [0.4, 0.5) is 0 Å². The summed E-state index contributed by atoms with van der Waals surface area (Å²) in [6.07, 6.45) is 17.0. The van der Waals surface area contributed by atoms with Crippen molar-refractivity contribution in [2.45, 2.75) is 110 Å². The van der Waals surface area contributed by atoms with Gasteiger partial charge in [-0.15, -0.1) is 0 Å². The third-order valence-electron chi connectivity index (χ3n) is 4.80. The first-order valence-electron chi connectivity index (χ1n) is 9.02. The molecule has 0 aromatic rings. The summed E-state index contributed by atoms with van der Waals surface area (Å²) < 4.78 is 0. The van der Waals surface area contributed by atoms with E-state index in [1.165, 1.54) is 77.0 Å². The molecule has 0 aromatic heterocycles. The molecule has 0 saturated heterocycles. The van der Waals surface area contributed by atoms with Gasteiger partial charge in [0.25, 0.3) is 0 Å². The van der Waals surface area contributed by atoms with Crippen LogP contribution in [0.1, 0.15) is 97.8 Å². The van der Waals surface area contributed by atoms with Crippen molar-refractivity contribution in [3.8, 4) is 0 Å². The minimum absolute atomic E-state index is 0.731. The smallest absolute Gasteiger partial charge is 0.00697 e. The van der Waals surface area contributed by atoms with E-state index in [0.29, 0.717) is 0 Å². The lowest BCUT2D eigenvalue weighted by atomic mass is 9.83. The molecule has 1 aliphatic carbocycles. The monoisotopic (exact) mass is 267 g/mol. The lowest BCUT2D eigenvalue weighted by Crippen LogP contribution is -2.39. The van der Waals surface area contributed by atoms with Crippen LogP contribution in [-0.2, 0) is 0 Å². The highest BCUT2D eigenvalue weighted by atomic mass is 14.9. The Morgan fingerprint density at radius 1 is 0.895 bits per heavy atom. The Kier molecular flexibility index (Phi) is 9.59. The molecule has 1 unspecified atom stereocenters. The molecule has 0 aliphatic heterocycles. The summed E-state index contributed by atoms with van der Waals surface area (Å²) in [6.45, 7) is 7.00. The first kappa shape index (κ1) is 17.0. The van der Waals surface area contributed by atoms with Crippen molar-refractivity contribution < 1.29 is 0 Å². The predicted octanol–water partition coefficient (Wildman–Crippen LogP) is 5.68. The first-order valence-corrected chi connectivity index (χ1v) is 9.02. The van der Waals surface area contributed by atoms with Gasteiger partial charge < -0.3 is 5.32 Å². The summed E-state index contributed by atoms with van der Waals surface area (Å²) >= 11 is 0. The highest BCUT2D eigenvalue weighted by Gasteiger charge is 2.21. The highest BCUT2D eigenvalue weighted by Crippen LogP contribution is 2.28. The van der Waals surface area contributed by atoms with Crippen molar-refractivity contribution in [1.82, 2.24) is 5.32 Å². The zero-order chi connectivity index (χ0) is 13.9. The fourth-order valence-electron chi connectivity index (χ4n) is 3.57. The molecule has 1 N–H and O–H groups in total. The van der Waals surface area contributed by atoms with Crippen molar-refractivity contribution in [3.63, 3.8) is 0 Å². The van der Waals surface area contributed by atoms with E-state index in [-0.39, 0.29) is 0 Å². The van der Waals surface area contributed by atoms with Crippen LogP contribution in [0.2, 0.25) is 0 Å². The summed E-state index contributed by atoms with van der Waals surface area (Å²) in [5, 5.41) is 3.87. The van der Waals surface area contributed by atoms with E-state index in [4.69, 9.17) is 0 Å². The van der Waals surface area contributed by atoms with Crippen LogP contribution in [0.15, 0.2) is 0 Å². The molecule has 19 heavy (non-hydrogen) atoms. The van der Waals surface area contributed by atoms with E-state index in [9.17, 15) is 0 Å². The van der Waals surface area contributed by atoms with Crippen LogP contribution in [0.25, 0.3) is 0 Å². The summed E-state index contributed by atoms with van der Waals surface area (Å²) in [7, 11) is 0. The normalized spacial score (nSPS) is 25.4. The summed E-state index contributed by atoms with van der Waals surface area (Å²) in [4.78, 5) is 0. The Hall–Kier alpha value is -0.0400. The van der Waals surface area contributed by atoms with Crippen molar-refractivity contribution >= 4 is 0 Å². The van der Waals surface area contributed by atoms with Gasteiger partial charge >= 0.3 is 0 Å². The second kappa shape index (κ2) is 10.7. The molecule has 0 heterocycles. The molecule has 0 radical (unpaired) electrons. The fourth-order valence-corrected chi connectivity index (χ4v) is 3.57. The molecular formula is C18H37N. The van der Waals surface area contributed by atoms with Gasteiger partial charge in [-0.05, 0) is 44.9 Å². The molecule has 1 nitrogen and oxygen atoms in total. The number of unbranched alkanes of at least 4 members (excludes halogenated alkanes) is 4. The first-order chi connectivity index (χ1) is 9.26. The molecule has 0 bridgehead atoms. The van der Waals surface area contributed by atoms with E-state index in [1.807, 2.05) is 0 Å². The number of rotatable bonds is 10. The van der Waals surface area contributed by atoms with Crippen LogP contribution in [-0.4, -0.2) is 12.1 Å². The molecule has 0 spiro atoms. The summed E-state index contributed by atoms with van der Waals surface area (Å²) in [6, 6.07) is 1.55. The maximum Gasteiger partial charge on any atom is 0.00697 e. The Morgan fingerprint density at radius 3 is 2.21 bits per heavy atom. The predicted molar refractivity (Wildman–Crippen MR) is 86.6 cm³/mol. The third kappa shape index (κ3) is 7.97. The molecule has 114 valence electrons. The lowest BCUT2D eigenvalue weighted by molar-refractivity contribution is 0.261. The van der Waals surface area contributed by atoms with Crippen LogP contribution >= 0.6 is 0 Å². The fraction of sp³-hybridized carbons (Fsp3) is 1.00. The highest BCUT2D eigenvalue weighted by molar-refractivity contribution is 4.79. The maximum absolute atomic E-state index is 3.87. The van der Waals surface area contributed by atoms with E-state index in [0.717, 1.165) is 18.0 Å². The second-order valence-electron chi connectivity index (χ2n) is 6.78. The molecule has 1 rings (SSSR count). The number of nitrogens with one attached hydrogen (secondary N) is 1. The molecule has 0 aromatic carbocycles. The Labute approximate surface area is 121 Å². The van der Waals surface area contributed by atoms with E-state index < -0.39 is 0 Å². The Bertz CT molecular complexity index is 194. The third-order valence-corrected chi connectivity index (χ3v) is 4.80. The molecule has 1 atom stereocenters. The summed E-state index contributed by atoms with van der Waals surface area (Å²) in [5.41, 5.74) is 0. The van der Waals surface area contributed by atoms with Gasteiger partial charge in [0, 0.05) is 12.1 Å². The quantitative estimate of drug-likeness (QED) is 0.502. The van der Waals surface area contributed by atoms with Crippen LogP contribution in [0.3, 0.4) is 0 Å². The van der Waals surface area contributed by atoms with E-state index in [1.54, 1.807) is 0 Å². The molecule has 1 saturated carbocycles. The molecular weight excluding hydrogens is 230 g/mol. The average Bonchev–Trinajstić information content (AvgIpc) is 2.41. The van der Waals surface area contributed by atoms with Gasteiger partial charge in [0.05, 0.1) is 0 Å². The van der Waals surface area contributed by atoms with Gasteiger partial charge in [-0.2, -0.15) is 0 Å². The van der Waals surface area contributed by atoms with E-state index >= 15 is 0 Å². The zero-order valence-corrected chi connectivity index (χ0v) is 13.7. The van der Waals surface area contributed by atoms with Crippen molar-refractivity contribution in [2.75, 3.05) is 0 Å². The van der Waals surface area contributed by atoms with Gasteiger partial charge in [-0.25, -0.2) is 0 Å². The summed E-state index contributed by atoms with van der Waals surface area (Å²) in [5.74, 6) is 1.03. The Morgan fingerprint density at radius 2 is 1.58 bits per heavy atom. The van der Waals surface area contributed by atoms with Gasteiger partial charge in [0.2, 0.25) is 0 Å². The maximum atomic E-state index is 3.87. The largest absolute Gasteiger partial charge is 0.312 e. The van der Waals surface area contributed by atoms with Crippen LogP contribution in [0, 0.1) is 5.92 Å². The van der Waals surface area contributed by atoms with Gasteiger partial charge in [0.1, 0.15) is 0 Å². The van der Waals surface area contributed by atoms with Crippen LogP contribution < -0.4 is 5.32 Å². The minimum Gasteiger partial charge on any atom is -0.312 e. The number of hydrogen-bond donors (Lipinski definition) is 1. The zero-order valence-electron chi connectivity index (χ0n) is 13.7. The SMILES string of the molecule is CCCCCCCC(C)NC1CCC(CCC)CC1. The van der Waals surface area contributed by atoms with Crippen molar-refractivity contribution in [3.05, 3.63) is 0 Å². The van der Waals surface area contributed by atoms with Gasteiger partial charge in [-0.3, -0.25) is 0 Å².